The molecule has 3 aromatic rings. The molecule has 128 valence electrons. The average molecular weight is 346 g/mol. The third kappa shape index (κ3) is 3.48. The highest BCUT2D eigenvalue weighted by molar-refractivity contribution is 6.08. The maximum atomic E-state index is 12.5. The van der Waals surface area contributed by atoms with E-state index in [1.807, 2.05) is 6.08 Å². The van der Waals surface area contributed by atoms with Crippen LogP contribution in [-0.2, 0) is 4.79 Å². The fourth-order valence-corrected chi connectivity index (χ4v) is 2.33. The number of imidazole rings is 1. The monoisotopic (exact) mass is 346 g/mol. The molecular weight excluding hydrogens is 332 g/mol. The Morgan fingerprint density at radius 3 is 2.69 bits per heavy atom. The van der Waals surface area contributed by atoms with Crippen molar-refractivity contribution in [1.82, 2.24) is 19.5 Å². The maximum absolute atomic E-state index is 12.5. The Labute approximate surface area is 148 Å². The molecule has 8 heteroatoms. The summed E-state index contributed by atoms with van der Waals surface area (Å²) in [6.45, 7) is 0. The zero-order chi connectivity index (χ0) is 17.9. The number of hydrogen-bond donors (Lipinski definition) is 2. The summed E-state index contributed by atoms with van der Waals surface area (Å²) in [5.74, 6) is -0.175. The van der Waals surface area contributed by atoms with Gasteiger partial charge in [0.05, 0.1) is 30.1 Å². The van der Waals surface area contributed by atoms with Gasteiger partial charge < -0.3 is 15.2 Å². The van der Waals surface area contributed by atoms with E-state index < -0.39 is 0 Å². The van der Waals surface area contributed by atoms with Crippen LogP contribution in [0, 0.1) is 0 Å². The van der Waals surface area contributed by atoms with E-state index in [1.54, 1.807) is 47.8 Å². The third-order valence-corrected chi connectivity index (χ3v) is 3.75. The SMILES string of the molecule is O=C(Nc1cc(C(=O)Nc2cncc(-n3ccnc3)c2)ccn1)C1=CC1. The van der Waals surface area contributed by atoms with Crippen molar-refractivity contribution in [2.45, 2.75) is 6.42 Å². The van der Waals surface area contributed by atoms with Crippen molar-refractivity contribution in [3.8, 4) is 5.69 Å². The molecule has 0 fully saturated rings. The number of aromatic nitrogens is 4. The molecule has 0 spiro atoms. The molecule has 1 aliphatic rings. The molecule has 2 amide bonds. The van der Waals surface area contributed by atoms with E-state index in [9.17, 15) is 9.59 Å². The molecule has 26 heavy (non-hydrogen) atoms. The van der Waals surface area contributed by atoms with E-state index in [4.69, 9.17) is 0 Å². The first kappa shape index (κ1) is 15.7. The number of rotatable bonds is 5. The van der Waals surface area contributed by atoms with Gasteiger partial charge in [0.1, 0.15) is 5.82 Å². The Kier molecular flexibility index (Phi) is 3.98. The normalized spacial score (nSPS) is 12.2. The molecule has 8 nitrogen and oxygen atoms in total. The van der Waals surface area contributed by atoms with Crippen LogP contribution in [0.25, 0.3) is 5.69 Å². The van der Waals surface area contributed by atoms with Crippen LogP contribution in [0.1, 0.15) is 16.8 Å². The van der Waals surface area contributed by atoms with Crippen LogP contribution in [-0.4, -0.2) is 31.3 Å². The molecule has 0 atom stereocenters. The minimum absolute atomic E-state index is 0.188. The van der Waals surface area contributed by atoms with E-state index in [0.717, 1.165) is 11.3 Å². The fraction of sp³-hybridized carbons (Fsp3) is 0.0556. The molecule has 0 radical (unpaired) electrons. The molecule has 0 aliphatic heterocycles. The molecule has 0 aromatic carbocycles. The zero-order valence-electron chi connectivity index (χ0n) is 13.6. The summed E-state index contributed by atoms with van der Waals surface area (Å²) >= 11 is 0. The largest absolute Gasteiger partial charge is 0.321 e. The molecule has 4 rings (SSSR count). The highest BCUT2D eigenvalue weighted by Gasteiger charge is 2.18. The zero-order valence-corrected chi connectivity index (χ0v) is 13.6. The number of anilines is 2. The van der Waals surface area contributed by atoms with Crippen molar-refractivity contribution in [2.75, 3.05) is 10.6 Å². The topological polar surface area (TPSA) is 102 Å². The van der Waals surface area contributed by atoms with Gasteiger partial charge in [0.25, 0.3) is 11.8 Å². The highest BCUT2D eigenvalue weighted by Crippen LogP contribution is 2.20. The number of carbonyl (C=O) groups excluding carboxylic acids is 2. The number of nitrogens with one attached hydrogen (secondary N) is 2. The molecule has 3 aromatic heterocycles. The van der Waals surface area contributed by atoms with Crippen LogP contribution in [0.2, 0.25) is 0 Å². The summed E-state index contributed by atoms with van der Waals surface area (Å²) in [6.07, 6.45) is 12.3. The Bertz CT molecular complexity index is 1010. The van der Waals surface area contributed by atoms with E-state index in [1.165, 1.54) is 12.3 Å². The Morgan fingerprint density at radius 1 is 1.04 bits per heavy atom. The van der Waals surface area contributed by atoms with Crippen LogP contribution >= 0.6 is 0 Å². The summed E-state index contributed by atoms with van der Waals surface area (Å²) in [7, 11) is 0. The fourth-order valence-electron chi connectivity index (χ4n) is 2.33. The van der Waals surface area contributed by atoms with Crippen LogP contribution in [0.3, 0.4) is 0 Å². The Morgan fingerprint density at radius 2 is 1.92 bits per heavy atom. The first-order valence-corrected chi connectivity index (χ1v) is 7.90. The highest BCUT2D eigenvalue weighted by atomic mass is 16.2. The van der Waals surface area contributed by atoms with Crippen LogP contribution < -0.4 is 10.6 Å². The summed E-state index contributed by atoms with van der Waals surface area (Å²) in [4.78, 5) is 36.4. The standard InChI is InChI=1S/C18H14N6O2/c25-17(12-1-2-12)23-16-7-13(3-4-21-16)18(26)22-14-8-15(10-20-9-14)24-6-5-19-11-24/h1,3-11H,2H2,(H,22,26)(H,21,23,25). The van der Waals surface area contributed by atoms with Crippen molar-refractivity contribution >= 4 is 23.3 Å². The molecular formula is C18H14N6O2. The molecule has 1 aliphatic carbocycles. The lowest BCUT2D eigenvalue weighted by Gasteiger charge is -2.08. The van der Waals surface area contributed by atoms with Gasteiger partial charge in [-0.05, 0) is 24.6 Å². The van der Waals surface area contributed by atoms with Gasteiger partial charge in [0.15, 0.2) is 0 Å². The summed E-state index contributed by atoms with van der Waals surface area (Å²) in [6, 6.07) is 4.90. The van der Waals surface area contributed by atoms with Gasteiger partial charge in [-0.2, -0.15) is 0 Å². The predicted molar refractivity (Wildman–Crippen MR) is 94.9 cm³/mol. The Balaban J connectivity index is 1.49. The molecule has 0 saturated carbocycles. The van der Waals surface area contributed by atoms with Gasteiger partial charge in [-0.15, -0.1) is 0 Å². The van der Waals surface area contributed by atoms with E-state index >= 15 is 0 Å². The number of pyridine rings is 2. The first-order chi connectivity index (χ1) is 12.7. The Hall–Kier alpha value is -3.81. The van der Waals surface area contributed by atoms with Crippen molar-refractivity contribution in [1.29, 1.82) is 0 Å². The number of amides is 2. The van der Waals surface area contributed by atoms with Gasteiger partial charge in [0, 0.05) is 29.7 Å². The number of nitrogens with zero attached hydrogens (tertiary/aromatic N) is 4. The van der Waals surface area contributed by atoms with Crippen LogP contribution in [0.4, 0.5) is 11.5 Å². The second-order valence-electron chi connectivity index (χ2n) is 5.67. The number of allylic oxidation sites excluding steroid dienone is 1. The van der Waals surface area contributed by atoms with E-state index in [2.05, 4.69) is 25.6 Å². The second-order valence-corrected chi connectivity index (χ2v) is 5.67. The number of carbonyl (C=O) groups is 2. The van der Waals surface area contributed by atoms with Crippen molar-refractivity contribution in [3.05, 3.63) is 72.7 Å². The van der Waals surface area contributed by atoms with Crippen LogP contribution in [0.5, 0.6) is 0 Å². The van der Waals surface area contributed by atoms with E-state index in [-0.39, 0.29) is 11.8 Å². The van der Waals surface area contributed by atoms with Crippen molar-refractivity contribution < 1.29 is 9.59 Å². The lowest BCUT2D eigenvalue weighted by Crippen LogP contribution is -2.15. The van der Waals surface area contributed by atoms with Gasteiger partial charge in [0.2, 0.25) is 0 Å². The van der Waals surface area contributed by atoms with E-state index in [0.29, 0.717) is 23.5 Å². The maximum Gasteiger partial charge on any atom is 0.255 e. The number of hydrogen-bond acceptors (Lipinski definition) is 5. The quantitative estimate of drug-likeness (QED) is 0.737. The second kappa shape index (κ2) is 6.60. The van der Waals surface area contributed by atoms with Crippen molar-refractivity contribution in [2.24, 2.45) is 0 Å². The minimum atomic E-state index is -0.321. The average Bonchev–Trinajstić information content (AvgIpc) is 3.37. The smallest absolute Gasteiger partial charge is 0.255 e. The molecule has 0 unspecified atom stereocenters. The van der Waals surface area contributed by atoms with Gasteiger partial charge in [-0.1, -0.05) is 6.08 Å². The summed E-state index contributed by atoms with van der Waals surface area (Å²) < 4.78 is 1.79. The van der Waals surface area contributed by atoms with Crippen LogP contribution in [0.15, 0.2) is 67.2 Å². The molecule has 0 saturated heterocycles. The molecule has 2 N–H and O–H groups in total. The van der Waals surface area contributed by atoms with Gasteiger partial charge >= 0.3 is 0 Å². The predicted octanol–water partition coefficient (Wildman–Crippen LogP) is 2.18. The first-order valence-electron chi connectivity index (χ1n) is 7.90. The minimum Gasteiger partial charge on any atom is -0.321 e. The summed E-state index contributed by atoms with van der Waals surface area (Å²) in [5.41, 5.74) is 2.43. The van der Waals surface area contributed by atoms with Crippen molar-refractivity contribution in [3.63, 3.8) is 0 Å². The lowest BCUT2D eigenvalue weighted by molar-refractivity contribution is -0.112. The summed E-state index contributed by atoms with van der Waals surface area (Å²) in [5, 5.41) is 5.46. The lowest BCUT2D eigenvalue weighted by atomic mass is 10.2. The molecule has 3 heterocycles. The van der Waals surface area contributed by atoms with Gasteiger partial charge in [-0.3, -0.25) is 14.6 Å². The third-order valence-electron chi connectivity index (χ3n) is 3.75. The molecule has 0 bridgehead atoms. The van der Waals surface area contributed by atoms with Gasteiger partial charge in [-0.25, -0.2) is 9.97 Å².